The van der Waals surface area contributed by atoms with Gasteiger partial charge in [-0.25, -0.2) is 13.6 Å². The van der Waals surface area contributed by atoms with Gasteiger partial charge in [0, 0.05) is 18.8 Å². The largest absolute Gasteiger partial charge is 0.304 e. The molecular formula is C12H14N4O3S. The Labute approximate surface area is 116 Å². The molecule has 8 heteroatoms. The Hall–Kier alpha value is -2.19. The molecule has 2 aromatic rings. The van der Waals surface area contributed by atoms with Crippen LogP contribution in [0.4, 0.5) is 5.82 Å². The van der Waals surface area contributed by atoms with Crippen molar-refractivity contribution in [1.82, 2.24) is 9.78 Å². The van der Waals surface area contributed by atoms with E-state index in [0.29, 0.717) is 5.56 Å². The fraction of sp³-hybridized carbons (Fsp3) is 0.167. The zero-order chi connectivity index (χ0) is 14.9. The predicted octanol–water partition coefficient (Wildman–Crippen LogP) is 0.628. The van der Waals surface area contributed by atoms with Crippen molar-refractivity contribution < 1.29 is 13.2 Å². The fourth-order valence-electron chi connectivity index (χ4n) is 1.73. The Morgan fingerprint density at radius 3 is 2.70 bits per heavy atom. The Bertz CT molecular complexity index is 765. The van der Waals surface area contributed by atoms with Gasteiger partial charge in [-0.1, -0.05) is 17.7 Å². The van der Waals surface area contributed by atoms with Crippen molar-refractivity contribution in [1.29, 1.82) is 0 Å². The normalized spacial score (nSPS) is 11.3. The van der Waals surface area contributed by atoms with E-state index < -0.39 is 15.9 Å². The van der Waals surface area contributed by atoms with E-state index in [-0.39, 0.29) is 10.7 Å². The smallest absolute Gasteiger partial charge is 0.256 e. The van der Waals surface area contributed by atoms with Gasteiger partial charge in [0.15, 0.2) is 5.82 Å². The summed E-state index contributed by atoms with van der Waals surface area (Å²) < 4.78 is 24.1. The van der Waals surface area contributed by atoms with Crippen LogP contribution in [0.2, 0.25) is 0 Å². The highest BCUT2D eigenvalue weighted by Crippen LogP contribution is 2.18. The van der Waals surface area contributed by atoms with E-state index in [1.165, 1.54) is 17.9 Å². The van der Waals surface area contributed by atoms with Crippen LogP contribution >= 0.6 is 0 Å². The molecule has 0 saturated carbocycles. The van der Waals surface area contributed by atoms with Crippen LogP contribution in [0.25, 0.3) is 0 Å². The van der Waals surface area contributed by atoms with E-state index in [4.69, 9.17) is 5.14 Å². The highest BCUT2D eigenvalue weighted by Gasteiger charge is 2.20. The molecular weight excluding hydrogens is 280 g/mol. The highest BCUT2D eigenvalue weighted by molar-refractivity contribution is 7.89. The van der Waals surface area contributed by atoms with Crippen molar-refractivity contribution in [2.75, 3.05) is 5.32 Å². The first kappa shape index (κ1) is 14.2. The standard InChI is InChI=1S/C12H14N4O3S/c1-8-4-3-5-9(6-8)12(17)14-11-10(20(13,18)19)7-16(2)15-11/h3-7H,1-2H3,(H2,13,18,19)(H,14,15,17). The zero-order valence-electron chi connectivity index (χ0n) is 11.0. The number of aryl methyl sites for hydroxylation is 2. The van der Waals surface area contributed by atoms with Crippen molar-refractivity contribution in [3.8, 4) is 0 Å². The van der Waals surface area contributed by atoms with Crippen LogP contribution in [0.3, 0.4) is 0 Å². The number of aromatic nitrogens is 2. The number of amides is 1. The number of carbonyl (C=O) groups excluding carboxylic acids is 1. The molecule has 0 aliphatic rings. The molecule has 7 nitrogen and oxygen atoms in total. The second-order valence-corrected chi connectivity index (χ2v) is 5.91. The lowest BCUT2D eigenvalue weighted by Gasteiger charge is -2.04. The Kier molecular flexibility index (Phi) is 3.60. The summed E-state index contributed by atoms with van der Waals surface area (Å²) in [6.07, 6.45) is 1.24. The topological polar surface area (TPSA) is 107 Å². The molecule has 1 aromatic carbocycles. The molecule has 0 bridgehead atoms. The number of nitrogens with one attached hydrogen (secondary N) is 1. The number of carbonyl (C=O) groups is 1. The van der Waals surface area contributed by atoms with Gasteiger partial charge in [0.1, 0.15) is 4.90 Å². The van der Waals surface area contributed by atoms with Crippen LogP contribution in [-0.4, -0.2) is 24.1 Å². The molecule has 0 aliphatic carbocycles. The van der Waals surface area contributed by atoms with E-state index >= 15 is 0 Å². The molecule has 0 radical (unpaired) electrons. The summed E-state index contributed by atoms with van der Waals surface area (Å²) >= 11 is 0. The zero-order valence-corrected chi connectivity index (χ0v) is 11.8. The van der Waals surface area contributed by atoms with E-state index in [1.807, 2.05) is 13.0 Å². The molecule has 1 heterocycles. The van der Waals surface area contributed by atoms with Crippen LogP contribution in [0, 0.1) is 6.92 Å². The number of rotatable bonds is 3. The maximum absolute atomic E-state index is 12.1. The van der Waals surface area contributed by atoms with E-state index in [1.54, 1.807) is 18.2 Å². The molecule has 1 amide bonds. The first-order chi connectivity index (χ1) is 9.27. The van der Waals surface area contributed by atoms with Gasteiger partial charge >= 0.3 is 0 Å². The first-order valence-corrected chi connectivity index (χ1v) is 7.26. The number of sulfonamides is 1. The van der Waals surface area contributed by atoms with Crippen molar-refractivity contribution in [3.63, 3.8) is 0 Å². The number of nitrogens with zero attached hydrogens (tertiary/aromatic N) is 2. The Morgan fingerprint density at radius 1 is 1.40 bits per heavy atom. The van der Waals surface area contributed by atoms with Gasteiger partial charge in [-0.2, -0.15) is 5.10 Å². The van der Waals surface area contributed by atoms with Crippen LogP contribution in [0.5, 0.6) is 0 Å². The van der Waals surface area contributed by atoms with Crippen molar-refractivity contribution in [2.45, 2.75) is 11.8 Å². The summed E-state index contributed by atoms with van der Waals surface area (Å²) in [4.78, 5) is 11.8. The van der Waals surface area contributed by atoms with Gasteiger partial charge in [-0.05, 0) is 19.1 Å². The van der Waals surface area contributed by atoms with Gasteiger partial charge in [-0.3, -0.25) is 9.48 Å². The van der Waals surface area contributed by atoms with Crippen molar-refractivity contribution in [3.05, 3.63) is 41.6 Å². The number of hydrogen-bond acceptors (Lipinski definition) is 4. The summed E-state index contributed by atoms with van der Waals surface area (Å²) in [6, 6.07) is 6.91. The summed E-state index contributed by atoms with van der Waals surface area (Å²) in [5.74, 6) is -0.529. The van der Waals surface area contributed by atoms with E-state index in [9.17, 15) is 13.2 Å². The lowest BCUT2D eigenvalue weighted by atomic mass is 10.1. The third kappa shape index (κ3) is 3.03. The summed E-state index contributed by atoms with van der Waals surface area (Å²) in [5.41, 5.74) is 1.33. The SMILES string of the molecule is Cc1cccc(C(=O)Nc2nn(C)cc2S(N)(=O)=O)c1. The second-order valence-electron chi connectivity index (χ2n) is 4.38. The molecule has 2 rings (SSSR count). The number of anilines is 1. The van der Waals surface area contributed by atoms with Gasteiger partial charge in [0.2, 0.25) is 10.0 Å². The van der Waals surface area contributed by atoms with Crippen LogP contribution in [0.15, 0.2) is 35.4 Å². The van der Waals surface area contributed by atoms with Crippen LogP contribution < -0.4 is 10.5 Å². The molecule has 0 spiro atoms. The molecule has 20 heavy (non-hydrogen) atoms. The molecule has 0 saturated heterocycles. The van der Waals surface area contributed by atoms with Gasteiger partial charge < -0.3 is 5.32 Å². The molecule has 106 valence electrons. The minimum absolute atomic E-state index is 0.0819. The summed E-state index contributed by atoms with van der Waals surface area (Å²) in [7, 11) is -2.41. The third-order valence-corrected chi connectivity index (χ3v) is 3.53. The van der Waals surface area contributed by atoms with Crippen molar-refractivity contribution >= 4 is 21.7 Å². The van der Waals surface area contributed by atoms with Gasteiger partial charge in [0.25, 0.3) is 5.91 Å². The highest BCUT2D eigenvalue weighted by atomic mass is 32.2. The molecule has 3 N–H and O–H groups in total. The Morgan fingerprint density at radius 2 is 2.10 bits per heavy atom. The molecule has 0 unspecified atom stereocenters. The average Bonchev–Trinajstić information content (AvgIpc) is 2.70. The van der Waals surface area contributed by atoms with Gasteiger partial charge in [-0.15, -0.1) is 0 Å². The average molecular weight is 294 g/mol. The number of benzene rings is 1. The lowest BCUT2D eigenvalue weighted by molar-refractivity contribution is 0.102. The number of hydrogen-bond donors (Lipinski definition) is 2. The maximum atomic E-state index is 12.1. The minimum atomic E-state index is -3.95. The predicted molar refractivity (Wildman–Crippen MR) is 73.7 cm³/mol. The maximum Gasteiger partial charge on any atom is 0.256 e. The Balaban J connectivity index is 2.34. The minimum Gasteiger partial charge on any atom is -0.304 e. The van der Waals surface area contributed by atoms with Gasteiger partial charge in [0.05, 0.1) is 0 Å². The molecule has 0 aliphatic heterocycles. The number of primary sulfonamides is 1. The number of nitrogens with two attached hydrogens (primary N) is 1. The molecule has 1 aromatic heterocycles. The monoisotopic (exact) mass is 294 g/mol. The summed E-state index contributed by atoms with van der Waals surface area (Å²) in [5, 5.41) is 11.4. The van der Waals surface area contributed by atoms with E-state index in [0.717, 1.165) is 5.56 Å². The lowest BCUT2D eigenvalue weighted by Crippen LogP contribution is -2.17. The van der Waals surface area contributed by atoms with Crippen molar-refractivity contribution in [2.24, 2.45) is 12.2 Å². The summed E-state index contributed by atoms with van der Waals surface area (Å²) in [6.45, 7) is 1.85. The quantitative estimate of drug-likeness (QED) is 0.865. The van der Waals surface area contributed by atoms with Crippen LogP contribution in [0.1, 0.15) is 15.9 Å². The van der Waals surface area contributed by atoms with E-state index in [2.05, 4.69) is 10.4 Å². The molecule has 0 atom stereocenters. The fourth-order valence-corrected chi connectivity index (χ4v) is 2.39. The van der Waals surface area contributed by atoms with Crippen LogP contribution in [-0.2, 0) is 17.1 Å². The third-order valence-electron chi connectivity index (χ3n) is 2.61. The molecule has 0 fully saturated rings. The second kappa shape index (κ2) is 5.06. The first-order valence-electron chi connectivity index (χ1n) is 5.72.